The van der Waals surface area contributed by atoms with Gasteiger partial charge in [0.15, 0.2) is 5.82 Å². The molecule has 6 heteroatoms. The standard InChI is InChI=1S/C8H15N5O/c1-6(9-2)8(14)10-4-7-12-11-5-13(7)3/h5-6,9H,4H2,1-3H3,(H,10,14). The van der Waals surface area contributed by atoms with E-state index < -0.39 is 0 Å². The van der Waals surface area contributed by atoms with Crippen molar-refractivity contribution in [1.82, 2.24) is 25.4 Å². The van der Waals surface area contributed by atoms with Gasteiger partial charge in [0, 0.05) is 7.05 Å². The van der Waals surface area contributed by atoms with Gasteiger partial charge >= 0.3 is 0 Å². The van der Waals surface area contributed by atoms with E-state index in [0.29, 0.717) is 6.54 Å². The third-order valence-corrected chi connectivity index (χ3v) is 2.05. The molecular weight excluding hydrogens is 182 g/mol. The highest BCUT2D eigenvalue weighted by Crippen LogP contribution is 1.90. The summed E-state index contributed by atoms with van der Waals surface area (Å²) in [5, 5.41) is 13.2. The summed E-state index contributed by atoms with van der Waals surface area (Å²) in [5.74, 6) is 0.692. The van der Waals surface area contributed by atoms with Gasteiger partial charge in [-0.15, -0.1) is 10.2 Å². The van der Waals surface area contributed by atoms with Crippen LogP contribution >= 0.6 is 0 Å². The number of carbonyl (C=O) groups excluding carboxylic acids is 1. The molecule has 0 aliphatic rings. The topological polar surface area (TPSA) is 71.8 Å². The summed E-state index contributed by atoms with van der Waals surface area (Å²) < 4.78 is 1.77. The van der Waals surface area contributed by atoms with Crippen LogP contribution < -0.4 is 10.6 Å². The molecule has 1 heterocycles. The van der Waals surface area contributed by atoms with Crippen LogP contribution in [0.25, 0.3) is 0 Å². The predicted octanol–water partition coefficient (Wildman–Crippen LogP) is -0.961. The van der Waals surface area contributed by atoms with Gasteiger partial charge in [-0.2, -0.15) is 0 Å². The van der Waals surface area contributed by atoms with E-state index in [1.807, 2.05) is 7.05 Å². The van der Waals surface area contributed by atoms with Gasteiger partial charge in [-0.05, 0) is 14.0 Å². The quantitative estimate of drug-likeness (QED) is 0.652. The highest BCUT2D eigenvalue weighted by Gasteiger charge is 2.10. The molecule has 6 nitrogen and oxygen atoms in total. The minimum absolute atomic E-state index is 0.0458. The summed E-state index contributed by atoms with van der Waals surface area (Å²) in [6.07, 6.45) is 1.60. The minimum atomic E-state index is -0.191. The number of nitrogens with zero attached hydrogens (tertiary/aromatic N) is 3. The fourth-order valence-electron chi connectivity index (χ4n) is 0.918. The smallest absolute Gasteiger partial charge is 0.237 e. The van der Waals surface area contributed by atoms with Crippen molar-refractivity contribution in [1.29, 1.82) is 0 Å². The SMILES string of the molecule is CNC(C)C(=O)NCc1nncn1C. The van der Waals surface area contributed by atoms with Crippen molar-refractivity contribution < 1.29 is 4.79 Å². The average Bonchev–Trinajstić information content (AvgIpc) is 2.59. The monoisotopic (exact) mass is 197 g/mol. The van der Waals surface area contributed by atoms with Crippen molar-refractivity contribution in [3.05, 3.63) is 12.2 Å². The Morgan fingerprint density at radius 3 is 2.93 bits per heavy atom. The second kappa shape index (κ2) is 4.71. The molecule has 1 amide bonds. The lowest BCUT2D eigenvalue weighted by atomic mass is 10.3. The lowest BCUT2D eigenvalue weighted by Gasteiger charge is -2.10. The van der Waals surface area contributed by atoms with Crippen LogP contribution in [0.4, 0.5) is 0 Å². The number of hydrogen-bond donors (Lipinski definition) is 2. The van der Waals surface area contributed by atoms with Crippen LogP contribution in [0.15, 0.2) is 6.33 Å². The maximum Gasteiger partial charge on any atom is 0.237 e. The van der Waals surface area contributed by atoms with Gasteiger partial charge in [-0.3, -0.25) is 4.79 Å². The minimum Gasteiger partial charge on any atom is -0.347 e. The van der Waals surface area contributed by atoms with E-state index in [1.165, 1.54) is 0 Å². The third-order valence-electron chi connectivity index (χ3n) is 2.05. The van der Waals surface area contributed by atoms with Crippen LogP contribution in [0.2, 0.25) is 0 Å². The van der Waals surface area contributed by atoms with E-state index in [9.17, 15) is 4.79 Å². The summed E-state index contributed by atoms with van der Waals surface area (Å²) in [4.78, 5) is 11.3. The fourth-order valence-corrected chi connectivity index (χ4v) is 0.918. The zero-order valence-electron chi connectivity index (χ0n) is 8.61. The first-order valence-electron chi connectivity index (χ1n) is 4.43. The van der Waals surface area contributed by atoms with Crippen LogP contribution in [0, 0.1) is 0 Å². The number of rotatable bonds is 4. The van der Waals surface area contributed by atoms with Crippen molar-refractivity contribution in [3.63, 3.8) is 0 Å². The van der Waals surface area contributed by atoms with Crippen LogP contribution in [0.3, 0.4) is 0 Å². The summed E-state index contributed by atoms with van der Waals surface area (Å²) in [6, 6.07) is -0.191. The Morgan fingerprint density at radius 2 is 2.43 bits per heavy atom. The summed E-state index contributed by atoms with van der Waals surface area (Å²) in [5.41, 5.74) is 0. The first-order chi connectivity index (χ1) is 6.65. The Morgan fingerprint density at radius 1 is 1.71 bits per heavy atom. The fraction of sp³-hybridized carbons (Fsp3) is 0.625. The molecule has 1 unspecified atom stereocenters. The summed E-state index contributed by atoms with van der Waals surface area (Å²) >= 11 is 0. The molecule has 1 rings (SSSR count). The Bertz CT molecular complexity index is 308. The van der Waals surface area contributed by atoms with Gasteiger partial charge in [-0.1, -0.05) is 0 Å². The summed E-state index contributed by atoms with van der Waals surface area (Å²) in [7, 11) is 3.58. The van der Waals surface area contributed by atoms with Crippen molar-refractivity contribution in [2.75, 3.05) is 7.05 Å². The maximum atomic E-state index is 11.3. The molecule has 2 N–H and O–H groups in total. The molecule has 0 radical (unpaired) electrons. The molecule has 1 atom stereocenters. The average molecular weight is 197 g/mol. The molecule has 14 heavy (non-hydrogen) atoms. The van der Waals surface area contributed by atoms with E-state index in [2.05, 4.69) is 20.8 Å². The second-order valence-electron chi connectivity index (χ2n) is 3.09. The van der Waals surface area contributed by atoms with Crippen LogP contribution in [-0.2, 0) is 18.4 Å². The van der Waals surface area contributed by atoms with Crippen molar-refractivity contribution in [2.24, 2.45) is 7.05 Å². The molecule has 0 saturated carbocycles. The first kappa shape index (κ1) is 10.6. The van der Waals surface area contributed by atoms with Crippen molar-refractivity contribution >= 4 is 5.91 Å². The molecule has 0 fully saturated rings. The molecule has 0 bridgehead atoms. The molecular formula is C8H15N5O. The maximum absolute atomic E-state index is 11.3. The number of aromatic nitrogens is 3. The van der Waals surface area contributed by atoms with E-state index in [1.54, 1.807) is 24.9 Å². The molecule has 78 valence electrons. The van der Waals surface area contributed by atoms with E-state index in [4.69, 9.17) is 0 Å². The van der Waals surface area contributed by atoms with Gasteiger partial charge in [-0.25, -0.2) is 0 Å². The Hall–Kier alpha value is -1.43. The van der Waals surface area contributed by atoms with Crippen LogP contribution in [0.5, 0.6) is 0 Å². The first-order valence-corrected chi connectivity index (χ1v) is 4.43. The van der Waals surface area contributed by atoms with Crippen LogP contribution in [-0.4, -0.2) is 33.8 Å². The van der Waals surface area contributed by atoms with E-state index in [-0.39, 0.29) is 11.9 Å². The van der Waals surface area contributed by atoms with Crippen molar-refractivity contribution in [3.8, 4) is 0 Å². The van der Waals surface area contributed by atoms with Gasteiger partial charge in [0.2, 0.25) is 5.91 Å². The number of hydrogen-bond acceptors (Lipinski definition) is 4. The van der Waals surface area contributed by atoms with E-state index >= 15 is 0 Å². The lowest BCUT2D eigenvalue weighted by molar-refractivity contribution is -0.122. The Kier molecular flexibility index (Phi) is 3.58. The number of likely N-dealkylation sites (N-methyl/N-ethyl adjacent to an activating group) is 1. The van der Waals surface area contributed by atoms with Gasteiger partial charge in [0.1, 0.15) is 6.33 Å². The lowest BCUT2D eigenvalue weighted by Crippen LogP contribution is -2.40. The highest BCUT2D eigenvalue weighted by atomic mass is 16.2. The molecule has 0 spiro atoms. The van der Waals surface area contributed by atoms with Gasteiger partial charge < -0.3 is 15.2 Å². The molecule has 0 saturated heterocycles. The summed E-state index contributed by atoms with van der Waals surface area (Å²) in [6.45, 7) is 2.20. The molecule has 0 aliphatic heterocycles. The molecule has 1 aromatic heterocycles. The number of carbonyl (C=O) groups is 1. The van der Waals surface area contributed by atoms with Crippen LogP contribution in [0.1, 0.15) is 12.7 Å². The second-order valence-corrected chi connectivity index (χ2v) is 3.09. The molecule has 0 aliphatic carbocycles. The number of amides is 1. The Labute approximate surface area is 82.7 Å². The Balaban J connectivity index is 2.41. The predicted molar refractivity (Wildman–Crippen MR) is 51.4 cm³/mol. The zero-order valence-corrected chi connectivity index (χ0v) is 8.61. The number of nitrogens with one attached hydrogen (secondary N) is 2. The molecule has 1 aromatic rings. The number of aryl methyl sites for hydroxylation is 1. The van der Waals surface area contributed by atoms with E-state index in [0.717, 1.165) is 5.82 Å². The molecule has 0 aromatic carbocycles. The van der Waals surface area contributed by atoms with Gasteiger partial charge in [0.05, 0.1) is 12.6 Å². The van der Waals surface area contributed by atoms with Gasteiger partial charge in [0.25, 0.3) is 0 Å². The third kappa shape index (κ3) is 2.53. The van der Waals surface area contributed by atoms with Crippen molar-refractivity contribution in [2.45, 2.75) is 19.5 Å². The normalized spacial score (nSPS) is 12.5. The highest BCUT2D eigenvalue weighted by molar-refractivity contribution is 5.81. The zero-order chi connectivity index (χ0) is 10.6. The largest absolute Gasteiger partial charge is 0.347 e.